The third kappa shape index (κ3) is 4.87. The highest BCUT2D eigenvalue weighted by Crippen LogP contribution is 2.27. The highest BCUT2D eigenvalue weighted by Gasteiger charge is 2.27. The molecule has 1 atom stereocenters. The summed E-state index contributed by atoms with van der Waals surface area (Å²) in [6, 6.07) is 3.63. The zero-order valence-electron chi connectivity index (χ0n) is 12.1. The molecule has 0 saturated carbocycles. The van der Waals surface area contributed by atoms with Crippen molar-refractivity contribution in [3.63, 3.8) is 0 Å². The van der Waals surface area contributed by atoms with Gasteiger partial charge < -0.3 is 5.32 Å². The van der Waals surface area contributed by atoms with Crippen LogP contribution in [0.2, 0.25) is 0 Å². The fourth-order valence-corrected chi connectivity index (χ4v) is 3.78. The van der Waals surface area contributed by atoms with E-state index in [0.29, 0.717) is 12.1 Å². The van der Waals surface area contributed by atoms with Crippen molar-refractivity contribution in [1.82, 2.24) is 4.72 Å². The summed E-state index contributed by atoms with van der Waals surface area (Å²) in [7, 11) is -2.32. The van der Waals surface area contributed by atoms with Crippen molar-refractivity contribution in [2.45, 2.75) is 24.3 Å². The standard InChI is InChI=1S/C12H19N3O4S2/c1-9(6-7-20-3)14-21(18,19)12-8-10(13-2)4-5-11(12)15(16)17/h4-5,8-9,13-14H,6-7H2,1-3H3. The number of nitrogens with one attached hydrogen (secondary N) is 2. The Labute approximate surface area is 128 Å². The second-order valence-corrected chi connectivity index (χ2v) is 7.16. The molecule has 0 heterocycles. The lowest BCUT2D eigenvalue weighted by Gasteiger charge is -2.14. The number of sulfonamides is 1. The Bertz CT molecular complexity index is 605. The van der Waals surface area contributed by atoms with Gasteiger partial charge in [-0.1, -0.05) is 0 Å². The molecule has 0 fully saturated rings. The van der Waals surface area contributed by atoms with E-state index in [0.717, 1.165) is 5.75 Å². The fourth-order valence-electron chi connectivity index (χ4n) is 1.72. The van der Waals surface area contributed by atoms with Gasteiger partial charge in [0, 0.05) is 24.8 Å². The van der Waals surface area contributed by atoms with Gasteiger partial charge in [0.25, 0.3) is 5.69 Å². The third-order valence-electron chi connectivity index (χ3n) is 2.85. The fraction of sp³-hybridized carbons (Fsp3) is 0.500. The summed E-state index contributed by atoms with van der Waals surface area (Å²) in [5, 5.41) is 13.8. The first-order valence-corrected chi connectivity index (χ1v) is 9.17. The zero-order valence-corrected chi connectivity index (χ0v) is 13.8. The van der Waals surface area contributed by atoms with Crippen LogP contribution in [0, 0.1) is 10.1 Å². The highest BCUT2D eigenvalue weighted by molar-refractivity contribution is 7.98. The van der Waals surface area contributed by atoms with Gasteiger partial charge in [0.15, 0.2) is 4.90 Å². The van der Waals surface area contributed by atoms with Crippen molar-refractivity contribution in [2.75, 3.05) is 24.4 Å². The van der Waals surface area contributed by atoms with Crippen LogP contribution in [-0.2, 0) is 10.0 Å². The average Bonchev–Trinajstić information content (AvgIpc) is 2.43. The van der Waals surface area contributed by atoms with Crippen molar-refractivity contribution < 1.29 is 13.3 Å². The van der Waals surface area contributed by atoms with Gasteiger partial charge in [-0.2, -0.15) is 11.8 Å². The molecule has 1 aromatic rings. The first-order valence-electron chi connectivity index (χ1n) is 6.29. The number of nitrogens with zero attached hydrogens (tertiary/aromatic N) is 1. The predicted molar refractivity (Wildman–Crippen MR) is 85.4 cm³/mol. The van der Waals surface area contributed by atoms with Crippen LogP contribution >= 0.6 is 11.8 Å². The number of hydrogen-bond donors (Lipinski definition) is 2. The first-order chi connectivity index (χ1) is 9.81. The molecule has 0 spiro atoms. The largest absolute Gasteiger partial charge is 0.388 e. The van der Waals surface area contributed by atoms with Crippen LogP contribution in [0.1, 0.15) is 13.3 Å². The summed E-state index contributed by atoms with van der Waals surface area (Å²) in [4.78, 5) is 10.00. The molecule has 0 bridgehead atoms. The van der Waals surface area contributed by atoms with E-state index < -0.39 is 20.6 Å². The van der Waals surface area contributed by atoms with E-state index >= 15 is 0 Å². The lowest BCUT2D eigenvalue weighted by molar-refractivity contribution is -0.387. The van der Waals surface area contributed by atoms with Crippen LogP contribution in [0.3, 0.4) is 0 Å². The van der Waals surface area contributed by atoms with Gasteiger partial charge in [-0.3, -0.25) is 10.1 Å². The molecule has 7 nitrogen and oxygen atoms in total. The monoisotopic (exact) mass is 333 g/mol. The molecule has 1 rings (SSSR count). The Balaban J connectivity index is 3.14. The lowest BCUT2D eigenvalue weighted by atomic mass is 10.3. The van der Waals surface area contributed by atoms with E-state index in [4.69, 9.17) is 0 Å². The minimum Gasteiger partial charge on any atom is -0.388 e. The maximum Gasteiger partial charge on any atom is 0.289 e. The lowest BCUT2D eigenvalue weighted by Crippen LogP contribution is -2.33. The van der Waals surface area contributed by atoms with Crippen LogP contribution in [0.15, 0.2) is 23.1 Å². The van der Waals surface area contributed by atoms with Gasteiger partial charge in [0.1, 0.15) is 0 Å². The Hall–Kier alpha value is -1.32. The average molecular weight is 333 g/mol. The summed E-state index contributed by atoms with van der Waals surface area (Å²) < 4.78 is 27.2. The summed E-state index contributed by atoms with van der Waals surface area (Å²) in [5.74, 6) is 0.808. The minimum atomic E-state index is -3.94. The smallest absolute Gasteiger partial charge is 0.289 e. The topological polar surface area (TPSA) is 101 Å². The molecule has 0 aliphatic rings. The maximum absolute atomic E-state index is 12.3. The quantitative estimate of drug-likeness (QED) is 0.558. The Kier molecular flexibility index (Phi) is 6.43. The van der Waals surface area contributed by atoms with Crippen molar-refractivity contribution in [3.8, 4) is 0 Å². The van der Waals surface area contributed by atoms with Gasteiger partial charge >= 0.3 is 0 Å². The molecule has 0 saturated heterocycles. The summed E-state index contributed by atoms with van der Waals surface area (Å²) >= 11 is 1.61. The Morgan fingerprint density at radius 2 is 2.10 bits per heavy atom. The van der Waals surface area contributed by atoms with Crippen molar-refractivity contribution in [1.29, 1.82) is 0 Å². The van der Waals surface area contributed by atoms with Crippen molar-refractivity contribution >= 4 is 33.2 Å². The summed E-state index contributed by atoms with van der Waals surface area (Å²) in [6.07, 6.45) is 2.59. The number of hydrogen-bond acceptors (Lipinski definition) is 6. The molecule has 9 heteroatoms. The van der Waals surface area contributed by atoms with E-state index in [2.05, 4.69) is 10.0 Å². The number of benzene rings is 1. The molecule has 2 N–H and O–H groups in total. The van der Waals surface area contributed by atoms with Crippen LogP contribution in [-0.4, -0.2) is 38.4 Å². The predicted octanol–water partition coefficient (Wildman–Crippen LogP) is 2.06. The number of nitro groups is 1. The van der Waals surface area contributed by atoms with E-state index in [1.165, 1.54) is 18.2 Å². The van der Waals surface area contributed by atoms with Crippen molar-refractivity contribution in [2.24, 2.45) is 0 Å². The molecule has 0 aromatic heterocycles. The first kappa shape index (κ1) is 17.7. The van der Waals surface area contributed by atoms with Gasteiger partial charge in [-0.15, -0.1) is 0 Å². The van der Waals surface area contributed by atoms with E-state index in [-0.39, 0.29) is 10.9 Å². The SMILES string of the molecule is CNc1ccc([N+](=O)[O-])c(S(=O)(=O)NC(C)CCSC)c1. The van der Waals surface area contributed by atoms with E-state index in [9.17, 15) is 18.5 Å². The molecule has 0 amide bonds. The van der Waals surface area contributed by atoms with Gasteiger partial charge in [0.05, 0.1) is 4.92 Å². The summed E-state index contributed by atoms with van der Waals surface area (Å²) in [5.41, 5.74) is 0.0660. The molecule has 1 aromatic carbocycles. The molecule has 21 heavy (non-hydrogen) atoms. The van der Waals surface area contributed by atoms with Gasteiger partial charge in [0.2, 0.25) is 10.0 Å². The summed E-state index contributed by atoms with van der Waals surface area (Å²) in [6.45, 7) is 1.74. The number of nitro benzene ring substituents is 1. The molecule has 0 radical (unpaired) electrons. The molecule has 1 unspecified atom stereocenters. The minimum absolute atomic E-state index is 0.291. The number of rotatable bonds is 8. The van der Waals surface area contributed by atoms with Crippen molar-refractivity contribution in [3.05, 3.63) is 28.3 Å². The zero-order chi connectivity index (χ0) is 16.0. The van der Waals surface area contributed by atoms with Crippen LogP contribution in [0.5, 0.6) is 0 Å². The number of thioether (sulfide) groups is 1. The second-order valence-electron chi connectivity index (χ2n) is 4.49. The van der Waals surface area contributed by atoms with Gasteiger partial charge in [-0.05, 0) is 37.5 Å². The Morgan fingerprint density at radius 3 is 2.62 bits per heavy atom. The second kappa shape index (κ2) is 7.62. The molecule has 0 aliphatic carbocycles. The molecular formula is C12H19N3O4S2. The van der Waals surface area contributed by atoms with Crippen LogP contribution in [0.25, 0.3) is 0 Å². The third-order valence-corrected chi connectivity index (χ3v) is 5.11. The van der Waals surface area contributed by atoms with E-state index in [1.807, 2.05) is 6.26 Å². The number of anilines is 1. The molecule has 118 valence electrons. The normalized spacial score (nSPS) is 12.9. The highest BCUT2D eigenvalue weighted by atomic mass is 32.2. The molecule has 0 aliphatic heterocycles. The van der Waals surface area contributed by atoms with Gasteiger partial charge in [-0.25, -0.2) is 13.1 Å². The molecular weight excluding hydrogens is 314 g/mol. The van der Waals surface area contributed by atoms with Crippen LogP contribution < -0.4 is 10.0 Å². The maximum atomic E-state index is 12.3. The Morgan fingerprint density at radius 1 is 1.43 bits per heavy atom. The van der Waals surface area contributed by atoms with E-state index in [1.54, 1.807) is 25.7 Å². The van der Waals surface area contributed by atoms with Crippen LogP contribution in [0.4, 0.5) is 11.4 Å².